The highest BCUT2D eigenvalue weighted by Crippen LogP contribution is 2.61. The van der Waals surface area contributed by atoms with E-state index in [0.29, 0.717) is 12.3 Å². The van der Waals surface area contributed by atoms with Gasteiger partial charge in [-0.25, -0.2) is 0 Å². The Hall–Kier alpha value is -1.59. The molecule has 4 bridgehead atoms. The van der Waals surface area contributed by atoms with Crippen molar-refractivity contribution in [1.82, 2.24) is 10.6 Å². The van der Waals surface area contributed by atoms with Crippen molar-refractivity contribution >= 4 is 17.8 Å². The van der Waals surface area contributed by atoms with Gasteiger partial charge in [-0.3, -0.25) is 14.4 Å². The first kappa shape index (κ1) is 21.6. The summed E-state index contributed by atoms with van der Waals surface area (Å²) in [6.45, 7) is 3.58. The zero-order valence-corrected chi connectivity index (χ0v) is 18.6. The number of rotatable bonds is 7. The number of hydrogen-bond donors (Lipinski definition) is 2. The van der Waals surface area contributed by atoms with Gasteiger partial charge in [0.2, 0.25) is 5.91 Å². The minimum Gasteiger partial charge on any atom is -0.451 e. The third-order valence-corrected chi connectivity index (χ3v) is 8.25. The molecule has 0 aromatic carbocycles. The van der Waals surface area contributed by atoms with Crippen molar-refractivity contribution in [1.29, 1.82) is 0 Å². The molecule has 2 N–H and O–H groups in total. The standard InChI is InChI=1S/C24H38N2O4/c1-15-5-3-4-6-20(15)26-23(29)16(2)30-22(28)14-25-21(27)13-24-10-17-7-18(11-24)9-19(8-17)12-24/h15-20H,3-14H2,1-2H3,(H,25,27)(H,26,29)/t15-,16+,17?,18?,19?,20-,24?/m0/s1. The van der Waals surface area contributed by atoms with Crippen molar-refractivity contribution in [3.63, 3.8) is 0 Å². The van der Waals surface area contributed by atoms with E-state index in [1.165, 1.54) is 44.9 Å². The fourth-order valence-corrected chi connectivity index (χ4v) is 7.20. The molecule has 5 fully saturated rings. The Balaban J connectivity index is 1.18. The van der Waals surface area contributed by atoms with Gasteiger partial charge < -0.3 is 15.4 Å². The van der Waals surface area contributed by atoms with E-state index in [4.69, 9.17) is 4.74 Å². The predicted octanol–water partition coefficient (Wildman–Crippen LogP) is 3.34. The van der Waals surface area contributed by atoms with Crippen LogP contribution in [-0.4, -0.2) is 36.5 Å². The van der Waals surface area contributed by atoms with Gasteiger partial charge >= 0.3 is 5.97 Å². The van der Waals surface area contributed by atoms with Crippen molar-refractivity contribution in [2.45, 2.75) is 96.6 Å². The van der Waals surface area contributed by atoms with Gasteiger partial charge in [-0.2, -0.15) is 0 Å². The zero-order chi connectivity index (χ0) is 21.3. The predicted molar refractivity (Wildman–Crippen MR) is 113 cm³/mol. The van der Waals surface area contributed by atoms with Crippen LogP contribution >= 0.6 is 0 Å². The summed E-state index contributed by atoms with van der Waals surface area (Å²) in [5.74, 6) is 2.02. The summed E-state index contributed by atoms with van der Waals surface area (Å²) in [6, 6.07) is 0.160. The van der Waals surface area contributed by atoms with E-state index in [1.807, 2.05) is 0 Å². The van der Waals surface area contributed by atoms with Gasteiger partial charge in [0.1, 0.15) is 6.54 Å². The molecule has 168 valence electrons. The van der Waals surface area contributed by atoms with E-state index in [0.717, 1.165) is 37.0 Å². The molecule has 3 atom stereocenters. The van der Waals surface area contributed by atoms with E-state index in [-0.39, 0.29) is 29.8 Å². The molecule has 0 saturated heterocycles. The minimum absolute atomic E-state index is 0.0537. The average molecular weight is 419 g/mol. The number of ether oxygens (including phenoxy) is 1. The molecule has 5 aliphatic rings. The molecule has 0 aromatic heterocycles. The fourth-order valence-electron chi connectivity index (χ4n) is 7.20. The monoisotopic (exact) mass is 418 g/mol. The molecular weight excluding hydrogens is 380 g/mol. The van der Waals surface area contributed by atoms with Gasteiger partial charge in [0, 0.05) is 12.5 Å². The number of carbonyl (C=O) groups excluding carboxylic acids is 3. The molecule has 5 rings (SSSR count). The topological polar surface area (TPSA) is 84.5 Å². The van der Waals surface area contributed by atoms with Gasteiger partial charge in [0.25, 0.3) is 5.91 Å². The summed E-state index contributed by atoms with van der Waals surface area (Å²) in [5, 5.41) is 5.77. The van der Waals surface area contributed by atoms with Gasteiger partial charge in [0.15, 0.2) is 6.10 Å². The summed E-state index contributed by atoms with van der Waals surface area (Å²) < 4.78 is 5.27. The normalized spacial score (nSPS) is 38.0. The van der Waals surface area contributed by atoms with Crippen molar-refractivity contribution in [2.75, 3.05) is 6.54 Å². The van der Waals surface area contributed by atoms with Crippen LogP contribution in [0.5, 0.6) is 0 Å². The van der Waals surface area contributed by atoms with Crippen LogP contribution in [0.1, 0.15) is 84.5 Å². The van der Waals surface area contributed by atoms with Crippen molar-refractivity contribution in [2.24, 2.45) is 29.1 Å². The molecule has 6 heteroatoms. The molecule has 6 nitrogen and oxygen atoms in total. The lowest BCUT2D eigenvalue weighted by Crippen LogP contribution is -2.48. The number of amides is 2. The number of hydrogen-bond acceptors (Lipinski definition) is 4. The van der Waals surface area contributed by atoms with E-state index in [1.54, 1.807) is 6.92 Å². The molecule has 0 unspecified atom stereocenters. The van der Waals surface area contributed by atoms with Crippen LogP contribution < -0.4 is 10.6 Å². The quantitative estimate of drug-likeness (QED) is 0.621. The maximum absolute atomic E-state index is 12.6. The second kappa shape index (κ2) is 8.88. The van der Waals surface area contributed by atoms with E-state index >= 15 is 0 Å². The SMILES string of the molecule is C[C@@H](OC(=O)CNC(=O)CC12CC3CC(CC(C3)C1)C2)C(=O)N[C@H]1CCCC[C@@H]1C. The Kier molecular flexibility index (Phi) is 6.40. The van der Waals surface area contributed by atoms with Crippen LogP contribution in [0.2, 0.25) is 0 Å². The van der Waals surface area contributed by atoms with Crippen LogP contribution in [0.3, 0.4) is 0 Å². The lowest BCUT2D eigenvalue weighted by molar-refractivity contribution is -0.155. The Morgan fingerprint density at radius 2 is 1.60 bits per heavy atom. The van der Waals surface area contributed by atoms with Crippen LogP contribution in [0.4, 0.5) is 0 Å². The number of esters is 1. The maximum atomic E-state index is 12.6. The van der Waals surface area contributed by atoms with Gasteiger partial charge in [-0.1, -0.05) is 19.8 Å². The third kappa shape index (κ3) is 5.00. The van der Waals surface area contributed by atoms with E-state index in [2.05, 4.69) is 17.6 Å². The molecule has 2 amide bonds. The fraction of sp³-hybridized carbons (Fsp3) is 0.875. The highest BCUT2D eigenvalue weighted by Gasteiger charge is 2.51. The van der Waals surface area contributed by atoms with Crippen LogP contribution in [0.15, 0.2) is 0 Å². The molecule has 0 spiro atoms. The number of nitrogens with one attached hydrogen (secondary N) is 2. The van der Waals surface area contributed by atoms with Crippen LogP contribution in [0.25, 0.3) is 0 Å². The van der Waals surface area contributed by atoms with E-state index < -0.39 is 12.1 Å². The van der Waals surface area contributed by atoms with Crippen molar-refractivity contribution in [3.05, 3.63) is 0 Å². The molecule has 0 aromatic rings. The highest BCUT2D eigenvalue weighted by molar-refractivity contribution is 5.86. The molecule has 5 aliphatic carbocycles. The number of carbonyl (C=O) groups is 3. The summed E-state index contributed by atoms with van der Waals surface area (Å²) in [6.07, 6.45) is 11.7. The van der Waals surface area contributed by atoms with Crippen LogP contribution in [-0.2, 0) is 19.1 Å². The zero-order valence-electron chi connectivity index (χ0n) is 18.6. The van der Waals surface area contributed by atoms with Gasteiger partial charge in [-0.05, 0) is 87.4 Å². The molecule has 0 radical (unpaired) electrons. The Morgan fingerprint density at radius 1 is 1.00 bits per heavy atom. The van der Waals surface area contributed by atoms with Crippen molar-refractivity contribution < 1.29 is 19.1 Å². The first-order chi connectivity index (χ1) is 14.3. The molecule has 0 aliphatic heterocycles. The molecule has 30 heavy (non-hydrogen) atoms. The van der Waals surface area contributed by atoms with Gasteiger partial charge in [0.05, 0.1) is 0 Å². The largest absolute Gasteiger partial charge is 0.451 e. The summed E-state index contributed by atoms with van der Waals surface area (Å²) in [7, 11) is 0. The summed E-state index contributed by atoms with van der Waals surface area (Å²) >= 11 is 0. The molecule has 5 saturated carbocycles. The van der Waals surface area contributed by atoms with Crippen molar-refractivity contribution in [3.8, 4) is 0 Å². The van der Waals surface area contributed by atoms with Crippen LogP contribution in [0, 0.1) is 29.1 Å². The second-order valence-corrected chi connectivity index (χ2v) is 10.9. The highest BCUT2D eigenvalue weighted by atomic mass is 16.5. The molecular formula is C24H38N2O4. The summed E-state index contributed by atoms with van der Waals surface area (Å²) in [4.78, 5) is 37.1. The lowest BCUT2D eigenvalue weighted by atomic mass is 9.49. The Bertz CT molecular complexity index is 641. The first-order valence-electron chi connectivity index (χ1n) is 12.1. The maximum Gasteiger partial charge on any atom is 0.326 e. The Morgan fingerprint density at radius 3 is 2.20 bits per heavy atom. The average Bonchev–Trinajstić information content (AvgIpc) is 2.66. The first-order valence-corrected chi connectivity index (χ1v) is 12.1. The van der Waals surface area contributed by atoms with E-state index in [9.17, 15) is 14.4 Å². The minimum atomic E-state index is -0.841. The molecule has 0 heterocycles. The summed E-state index contributed by atoms with van der Waals surface area (Å²) in [5.41, 5.74) is 0.159. The third-order valence-electron chi connectivity index (χ3n) is 8.25. The van der Waals surface area contributed by atoms with Gasteiger partial charge in [-0.15, -0.1) is 0 Å². The Labute approximate surface area is 180 Å². The lowest BCUT2D eigenvalue weighted by Gasteiger charge is -2.56. The second-order valence-electron chi connectivity index (χ2n) is 10.9. The smallest absolute Gasteiger partial charge is 0.326 e.